The highest BCUT2D eigenvalue weighted by Crippen LogP contribution is 2.61. The minimum Gasteiger partial charge on any atom is -0.508 e. The van der Waals surface area contributed by atoms with Crippen LogP contribution in [0.15, 0.2) is 36.4 Å². The van der Waals surface area contributed by atoms with Crippen molar-refractivity contribution in [2.75, 3.05) is 50.8 Å². The number of alkyl halides is 2. The normalized spacial score (nSPS) is 28.1. The zero-order valence-corrected chi connectivity index (χ0v) is 27.1. The highest BCUT2D eigenvalue weighted by molar-refractivity contribution is 6.36. The topological polar surface area (TPSA) is 94.0 Å². The van der Waals surface area contributed by atoms with Gasteiger partial charge < -0.3 is 30.1 Å². The maximum absolute atomic E-state index is 16.8. The third-order valence-electron chi connectivity index (χ3n) is 10.7. The van der Waals surface area contributed by atoms with Crippen molar-refractivity contribution in [1.82, 2.24) is 20.2 Å². The molecule has 1 saturated carbocycles. The number of likely N-dealkylation sites (tertiary alicyclic amines) is 1. The standard InChI is InChI=1S/C35H36ClF4N5O3/c1-33-7-5-21(43-33)13-45(16-33)31-24-11-26(37)28(23-10-22(47)9-20-3-2-4-25(36)27(20)23)29(38)30(24)41-32(42-31)48-18-34(15-35(34,39)40)17-44-8-6-19(12-44)14-46/h2-4,9-11,19,21,43,46-47H,5-8,12-18H2,1H3/t19?,21?,33-,34+/m0/s1. The van der Waals surface area contributed by atoms with Crippen LogP contribution in [0.2, 0.25) is 5.02 Å². The fourth-order valence-electron chi connectivity index (χ4n) is 8.17. The summed E-state index contributed by atoms with van der Waals surface area (Å²) >= 11 is 6.51. The first kappa shape index (κ1) is 31.8. The summed E-state index contributed by atoms with van der Waals surface area (Å²) in [6, 6.07) is 8.73. The minimum atomic E-state index is -2.96. The van der Waals surface area contributed by atoms with Gasteiger partial charge in [-0.1, -0.05) is 23.7 Å². The van der Waals surface area contributed by atoms with Crippen LogP contribution in [0.1, 0.15) is 32.6 Å². The average molecular weight is 686 g/mol. The number of aromatic nitrogens is 2. The van der Waals surface area contributed by atoms with E-state index in [4.69, 9.17) is 16.3 Å². The van der Waals surface area contributed by atoms with E-state index >= 15 is 8.78 Å². The third kappa shape index (κ3) is 5.32. The molecule has 1 aliphatic carbocycles. The Morgan fingerprint density at radius 2 is 1.94 bits per heavy atom. The lowest BCUT2D eigenvalue weighted by atomic mass is 9.95. The van der Waals surface area contributed by atoms with E-state index in [-0.39, 0.29) is 76.1 Å². The van der Waals surface area contributed by atoms with Gasteiger partial charge in [0.2, 0.25) is 0 Å². The zero-order valence-electron chi connectivity index (χ0n) is 26.4. The molecule has 4 heterocycles. The minimum absolute atomic E-state index is 0.00870. The molecule has 13 heteroatoms. The highest BCUT2D eigenvalue weighted by Gasteiger charge is 2.72. The van der Waals surface area contributed by atoms with E-state index in [1.807, 2.05) is 9.80 Å². The molecule has 3 N–H and O–H groups in total. The van der Waals surface area contributed by atoms with E-state index in [2.05, 4.69) is 22.2 Å². The number of piperazine rings is 1. The fourth-order valence-corrected chi connectivity index (χ4v) is 8.46. The molecule has 0 radical (unpaired) electrons. The van der Waals surface area contributed by atoms with Crippen molar-refractivity contribution in [1.29, 1.82) is 0 Å². The van der Waals surface area contributed by atoms with Crippen molar-refractivity contribution in [3.63, 3.8) is 0 Å². The molecule has 4 aliphatic rings. The lowest BCUT2D eigenvalue weighted by Crippen LogP contribution is -2.58. The maximum Gasteiger partial charge on any atom is 0.319 e. The molecule has 4 aromatic rings. The number of nitrogens with zero attached hydrogens (tertiary/aromatic N) is 4. The van der Waals surface area contributed by atoms with Crippen LogP contribution in [0.3, 0.4) is 0 Å². The molecule has 3 aliphatic heterocycles. The smallest absolute Gasteiger partial charge is 0.319 e. The third-order valence-corrected chi connectivity index (χ3v) is 11.1. The van der Waals surface area contributed by atoms with Crippen LogP contribution >= 0.6 is 11.6 Å². The summed E-state index contributed by atoms with van der Waals surface area (Å²) in [6.45, 7) is 3.97. The Hall–Kier alpha value is -3.45. The lowest BCUT2D eigenvalue weighted by Gasteiger charge is -2.40. The van der Waals surface area contributed by atoms with Gasteiger partial charge in [-0.05, 0) is 68.3 Å². The van der Waals surface area contributed by atoms with Crippen LogP contribution in [-0.2, 0) is 0 Å². The van der Waals surface area contributed by atoms with Crippen LogP contribution in [-0.4, -0.2) is 88.5 Å². The summed E-state index contributed by atoms with van der Waals surface area (Å²) in [5.74, 6) is -4.75. The number of hydrogen-bond acceptors (Lipinski definition) is 8. The molecule has 2 bridgehead atoms. The number of halogens is 5. The highest BCUT2D eigenvalue weighted by atomic mass is 35.5. The van der Waals surface area contributed by atoms with E-state index < -0.39 is 35.1 Å². The monoisotopic (exact) mass is 685 g/mol. The molecule has 48 heavy (non-hydrogen) atoms. The van der Waals surface area contributed by atoms with E-state index in [1.165, 1.54) is 18.2 Å². The van der Waals surface area contributed by atoms with Gasteiger partial charge in [-0.3, -0.25) is 0 Å². The van der Waals surface area contributed by atoms with Gasteiger partial charge in [0.05, 0.1) is 11.0 Å². The Kier molecular flexibility index (Phi) is 7.48. The summed E-state index contributed by atoms with van der Waals surface area (Å²) in [4.78, 5) is 12.9. The van der Waals surface area contributed by atoms with Gasteiger partial charge in [0, 0.05) is 72.1 Å². The molecule has 0 amide bonds. The predicted molar refractivity (Wildman–Crippen MR) is 175 cm³/mol. The van der Waals surface area contributed by atoms with Crippen molar-refractivity contribution in [2.45, 2.75) is 50.1 Å². The first-order valence-electron chi connectivity index (χ1n) is 16.4. The lowest BCUT2D eigenvalue weighted by molar-refractivity contribution is 0.0246. The summed E-state index contributed by atoms with van der Waals surface area (Å²) < 4.78 is 68.9. The number of aromatic hydroxyl groups is 1. The van der Waals surface area contributed by atoms with E-state index in [9.17, 15) is 19.0 Å². The van der Waals surface area contributed by atoms with E-state index in [0.29, 0.717) is 37.0 Å². The number of phenolic OH excluding ortho intramolecular Hbond substituents is 1. The number of rotatable bonds is 8. The van der Waals surface area contributed by atoms with E-state index in [0.717, 1.165) is 19.3 Å². The zero-order chi connectivity index (χ0) is 33.6. The Balaban J connectivity index is 1.23. The number of benzene rings is 3. The number of ether oxygens (including phenoxy) is 1. The molecule has 3 aromatic carbocycles. The number of phenols is 1. The fraction of sp³-hybridized carbons (Fsp3) is 0.486. The number of aliphatic hydroxyl groups is 1. The molecule has 8 nitrogen and oxygen atoms in total. The maximum atomic E-state index is 16.8. The van der Waals surface area contributed by atoms with Gasteiger partial charge in [0.15, 0.2) is 5.82 Å². The molecular weight excluding hydrogens is 650 g/mol. The largest absolute Gasteiger partial charge is 0.508 e. The van der Waals surface area contributed by atoms with Crippen LogP contribution in [0, 0.1) is 23.0 Å². The van der Waals surface area contributed by atoms with Crippen molar-refractivity contribution in [2.24, 2.45) is 11.3 Å². The molecular formula is C35H36ClF4N5O3. The number of anilines is 1. The first-order chi connectivity index (χ1) is 22.9. The second-order valence-corrected chi connectivity index (χ2v) is 14.9. The Labute approximate surface area is 279 Å². The molecule has 4 atom stereocenters. The van der Waals surface area contributed by atoms with Crippen LogP contribution in [0.5, 0.6) is 11.8 Å². The van der Waals surface area contributed by atoms with Gasteiger partial charge in [0.1, 0.15) is 29.5 Å². The van der Waals surface area contributed by atoms with Crippen LogP contribution in [0.25, 0.3) is 32.8 Å². The molecule has 3 saturated heterocycles. The van der Waals surface area contributed by atoms with Gasteiger partial charge in [0.25, 0.3) is 5.92 Å². The molecule has 1 aromatic heterocycles. The Morgan fingerprint density at radius 1 is 1.12 bits per heavy atom. The van der Waals surface area contributed by atoms with Crippen LogP contribution in [0.4, 0.5) is 23.4 Å². The number of hydrogen-bond donors (Lipinski definition) is 3. The van der Waals surface area contributed by atoms with Crippen molar-refractivity contribution >= 4 is 39.1 Å². The second-order valence-electron chi connectivity index (χ2n) is 14.4. The molecule has 254 valence electrons. The van der Waals surface area contributed by atoms with Gasteiger partial charge in [-0.15, -0.1) is 0 Å². The Morgan fingerprint density at radius 3 is 2.67 bits per heavy atom. The number of nitrogens with one attached hydrogen (secondary N) is 1. The van der Waals surface area contributed by atoms with Crippen molar-refractivity contribution in [3.05, 3.63) is 53.1 Å². The molecule has 0 spiro atoms. The number of fused-ring (bicyclic) bond motifs is 4. The molecule has 4 fully saturated rings. The quantitative estimate of drug-likeness (QED) is 0.191. The van der Waals surface area contributed by atoms with Crippen molar-refractivity contribution < 1.29 is 32.5 Å². The van der Waals surface area contributed by atoms with Gasteiger partial charge >= 0.3 is 6.01 Å². The van der Waals surface area contributed by atoms with Gasteiger partial charge in [-0.2, -0.15) is 9.97 Å². The SMILES string of the molecule is C[C@]12CCC(CN(c3nc(OC[C@]4(CN5CCC(CO)C5)CC4(F)F)nc4c(F)c(-c5cc(O)cc6cccc(Cl)c56)c(F)cc34)C1)N2. The van der Waals surface area contributed by atoms with Crippen LogP contribution < -0.4 is 15.0 Å². The summed E-state index contributed by atoms with van der Waals surface area (Å²) in [5, 5.41) is 24.9. The molecule has 8 rings (SSSR count). The predicted octanol–water partition coefficient (Wildman–Crippen LogP) is 6.14. The average Bonchev–Trinajstić information content (AvgIpc) is 3.28. The Bertz CT molecular complexity index is 1950. The second kappa shape index (κ2) is 11.3. The van der Waals surface area contributed by atoms with E-state index in [1.54, 1.807) is 18.2 Å². The van der Waals surface area contributed by atoms with Gasteiger partial charge in [-0.25, -0.2) is 17.6 Å². The van der Waals surface area contributed by atoms with Crippen molar-refractivity contribution in [3.8, 4) is 22.9 Å². The summed E-state index contributed by atoms with van der Waals surface area (Å²) in [5.41, 5.74) is -2.32. The first-order valence-corrected chi connectivity index (χ1v) is 16.7. The molecule has 2 unspecified atom stereocenters. The summed E-state index contributed by atoms with van der Waals surface area (Å²) in [7, 11) is 0. The summed E-state index contributed by atoms with van der Waals surface area (Å²) in [6.07, 6.45) is 2.22. The number of aliphatic hydroxyl groups excluding tert-OH is 1.